The van der Waals surface area contributed by atoms with Gasteiger partial charge in [-0.15, -0.1) is 0 Å². The number of nitrogens with zero attached hydrogens (tertiary/aromatic N) is 1. The number of aromatic carboxylic acids is 1. The van der Waals surface area contributed by atoms with Gasteiger partial charge in [-0.25, -0.2) is 9.18 Å². The standard InChI is InChI=1S/C16H20FNO2/c17-14-8-11(7-13(9-14)16(19)20)10-18-6-2-4-12-3-1-5-15(12)18/h7-9,12,15H,1-6,10H2,(H,19,20). The molecule has 1 aromatic carbocycles. The highest BCUT2D eigenvalue weighted by Gasteiger charge is 2.34. The van der Waals surface area contributed by atoms with E-state index >= 15 is 0 Å². The van der Waals surface area contributed by atoms with Crippen LogP contribution in [0.3, 0.4) is 0 Å². The van der Waals surface area contributed by atoms with Crippen LogP contribution >= 0.6 is 0 Å². The quantitative estimate of drug-likeness (QED) is 0.921. The van der Waals surface area contributed by atoms with Gasteiger partial charge in [-0.05, 0) is 61.9 Å². The zero-order chi connectivity index (χ0) is 14.1. The number of fused-ring (bicyclic) bond motifs is 1. The van der Waals surface area contributed by atoms with Gasteiger partial charge in [-0.3, -0.25) is 4.90 Å². The van der Waals surface area contributed by atoms with Crippen molar-refractivity contribution < 1.29 is 14.3 Å². The maximum atomic E-state index is 13.5. The van der Waals surface area contributed by atoms with Gasteiger partial charge >= 0.3 is 5.97 Å². The molecule has 2 fully saturated rings. The molecule has 3 rings (SSSR count). The summed E-state index contributed by atoms with van der Waals surface area (Å²) in [6.07, 6.45) is 6.33. The molecule has 1 saturated heterocycles. The van der Waals surface area contributed by atoms with E-state index in [4.69, 9.17) is 5.11 Å². The van der Waals surface area contributed by atoms with E-state index in [2.05, 4.69) is 4.90 Å². The van der Waals surface area contributed by atoms with E-state index in [1.807, 2.05) is 0 Å². The largest absolute Gasteiger partial charge is 0.478 e. The predicted molar refractivity (Wildman–Crippen MR) is 74.1 cm³/mol. The number of carboxylic acid groups (broad SMARTS) is 1. The van der Waals surface area contributed by atoms with E-state index in [0.717, 1.165) is 24.1 Å². The van der Waals surface area contributed by atoms with Crippen LogP contribution in [-0.2, 0) is 6.54 Å². The Labute approximate surface area is 118 Å². The van der Waals surface area contributed by atoms with Crippen molar-refractivity contribution in [2.24, 2.45) is 5.92 Å². The number of hydrogen-bond donors (Lipinski definition) is 1. The number of benzene rings is 1. The van der Waals surface area contributed by atoms with Crippen molar-refractivity contribution in [1.29, 1.82) is 0 Å². The average molecular weight is 277 g/mol. The number of likely N-dealkylation sites (tertiary alicyclic amines) is 1. The fourth-order valence-electron chi connectivity index (χ4n) is 3.85. The summed E-state index contributed by atoms with van der Waals surface area (Å²) >= 11 is 0. The summed E-state index contributed by atoms with van der Waals surface area (Å²) in [6, 6.07) is 4.76. The molecule has 3 nitrogen and oxygen atoms in total. The lowest BCUT2D eigenvalue weighted by Crippen LogP contribution is -2.41. The Bertz CT molecular complexity index is 517. The summed E-state index contributed by atoms with van der Waals surface area (Å²) in [5, 5.41) is 9.01. The van der Waals surface area contributed by atoms with Crippen molar-refractivity contribution in [1.82, 2.24) is 4.90 Å². The van der Waals surface area contributed by atoms with Crippen LogP contribution in [0.25, 0.3) is 0 Å². The van der Waals surface area contributed by atoms with Crippen LogP contribution in [0.2, 0.25) is 0 Å². The second kappa shape index (κ2) is 5.52. The fraction of sp³-hybridized carbons (Fsp3) is 0.562. The van der Waals surface area contributed by atoms with Crippen LogP contribution in [0, 0.1) is 11.7 Å². The number of piperidine rings is 1. The van der Waals surface area contributed by atoms with Crippen molar-refractivity contribution in [3.63, 3.8) is 0 Å². The lowest BCUT2D eigenvalue weighted by atomic mass is 9.91. The van der Waals surface area contributed by atoms with Crippen LogP contribution in [0.15, 0.2) is 18.2 Å². The molecule has 1 aromatic rings. The minimum absolute atomic E-state index is 0.0416. The van der Waals surface area contributed by atoms with Crippen LogP contribution in [-0.4, -0.2) is 28.6 Å². The molecule has 4 heteroatoms. The van der Waals surface area contributed by atoms with Gasteiger partial charge in [0, 0.05) is 12.6 Å². The molecule has 1 N–H and O–H groups in total. The minimum Gasteiger partial charge on any atom is -0.478 e. The van der Waals surface area contributed by atoms with Gasteiger partial charge in [-0.1, -0.05) is 6.42 Å². The topological polar surface area (TPSA) is 40.5 Å². The van der Waals surface area contributed by atoms with Gasteiger partial charge in [0.25, 0.3) is 0 Å². The summed E-state index contributed by atoms with van der Waals surface area (Å²) in [4.78, 5) is 13.4. The van der Waals surface area contributed by atoms with Gasteiger partial charge in [0.1, 0.15) is 5.82 Å². The molecule has 0 aromatic heterocycles. The second-order valence-electron chi connectivity index (χ2n) is 6.02. The monoisotopic (exact) mass is 277 g/mol. The molecule has 2 aliphatic rings. The van der Waals surface area contributed by atoms with Gasteiger partial charge in [-0.2, -0.15) is 0 Å². The lowest BCUT2D eigenvalue weighted by molar-refractivity contribution is 0.0695. The summed E-state index contributed by atoms with van der Waals surface area (Å²) in [5.74, 6) is -0.737. The third-order valence-corrected chi connectivity index (χ3v) is 4.70. The van der Waals surface area contributed by atoms with Crippen molar-refractivity contribution in [3.05, 3.63) is 35.1 Å². The molecule has 0 spiro atoms. The Hall–Kier alpha value is -1.42. The molecule has 1 aliphatic carbocycles. The molecule has 1 aliphatic heterocycles. The first-order valence-corrected chi connectivity index (χ1v) is 7.40. The summed E-state index contributed by atoms with van der Waals surface area (Å²) < 4.78 is 13.5. The third kappa shape index (κ3) is 2.70. The number of hydrogen-bond acceptors (Lipinski definition) is 2. The number of halogens is 1. The lowest BCUT2D eigenvalue weighted by Gasteiger charge is -2.37. The Morgan fingerprint density at radius 2 is 2.05 bits per heavy atom. The highest BCUT2D eigenvalue weighted by molar-refractivity contribution is 5.87. The summed E-state index contributed by atoms with van der Waals surface area (Å²) in [5.41, 5.74) is 0.815. The normalized spacial score (nSPS) is 26.4. The van der Waals surface area contributed by atoms with E-state index in [0.29, 0.717) is 12.6 Å². The zero-order valence-electron chi connectivity index (χ0n) is 11.5. The van der Waals surface area contributed by atoms with Gasteiger partial charge in [0.05, 0.1) is 5.56 Å². The van der Waals surface area contributed by atoms with Crippen LogP contribution < -0.4 is 0 Å². The molecule has 1 heterocycles. The first-order valence-electron chi connectivity index (χ1n) is 7.40. The van der Waals surface area contributed by atoms with Gasteiger partial charge in [0.15, 0.2) is 0 Å². The van der Waals surface area contributed by atoms with Gasteiger partial charge < -0.3 is 5.11 Å². The number of carboxylic acids is 1. The molecule has 20 heavy (non-hydrogen) atoms. The first-order chi connectivity index (χ1) is 9.63. The molecule has 0 bridgehead atoms. The first kappa shape index (κ1) is 13.6. The summed E-state index contributed by atoms with van der Waals surface area (Å²) in [7, 11) is 0. The highest BCUT2D eigenvalue weighted by atomic mass is 19.1. The molecule has 1 saturated carbocycles. The van der Waals surface area contributed by atoms with Crippen LogP contribution in [0.1, 0.15) is 48.0 Å². The Kier molecular flexibility index (Phi) is 3.74. The van der Waals surface area contributed by atoms with E-state index in [9.17, 15) is 9.18 Å². The number of carbonyl (C=O) groups is 1. The molecular weight excluding hydrogens is 257 g/mol. The Balaban J connectivity index is 1.78. The maximum absolute atomic E-state index is 13.5. The molecule has 2 unspecified atom stereocenters. The third-order valence-electron chi connectivity index (χ3n) is 4.70. The van der Waals surface area contributed by atoms with Crippen molar-refractivity contribution >= 4 is 5.97 Å². The Morgan fingerprint density at radius 3 is 2.85 bits per heavy atom. The van der Waals surface area contributed by atoms with Crippen molar-refractivity contribution in [2.75, 3.05) is 6.54 Å². The van der Waals surface area contributed by atoms with Crippen molar-refractivity contribution in [3.8, 4) is 0 Å². The minimum atomic E-state index is -1.07. The SMILES string of the molecule is O=C(O)c1cc(F)cc(CN2CCCC3CCCC32)c1. The molecule has 0 radical (unpaired) electrons. The number of rotatable bonds is 3. The average Bonchev–Trinajstić information content (AvgIpc) is 2.87. The maximum Gasteiger partial charge on any atom is 0.335 e. The zero-order valence-corrected chi connectivity index (χ0v) is 11.5. The van der Waals surface area contributed by atoms with E-state index in [1.165, 1.54) is 38.2 Å². The van der Waals surface area contributed by atoms with Crippen LogP contribution in [0.5, 0.6) is 0 Å². The highest BCUT2D eigenvalue weighted by Crippen LogP contribution is 2.37. The van der Waals surface area contributed by atoms with E-state index in [-0.39, 0.29) is 5.56 Å². The van der Waals surface area contributed by atoms with E-state index in [1.54, 1.807) is 6.07 Å². The van der Waals surface area contributed by atoms with Crippen LogP contribution in [0.4, 0.5) is 4.39 Å². The molecule has 108 valence electrons. The fourth-order valence-corrected chi connectivity index (χ4v) is 3.85. The predicted octanol–water partition coefficient (Wildman–Crippen LogP) is 3.29. The van der Waals surface area contributed by atoms with Crippen molar-refractivity contribution in [2.45, 2.75) is 44.7 Å². The Morgan fingerprint density at radius 1 is 1.25 bits per heavy atom. The molecular formula is C16H20FNO2. The smallest absolute Gasteiger partial charge is 0.335 e. The van der Waals surface area contributed by atoms with Gasteiger partial charge in [0.2, 0.25) is 0 Å². The second-order valence-corrected chi connectivity index (χ2v) is 6.02. The summed E-state index contributed by atoms with van der Waals surface area (Å²) in [6.45, 7) is 1.71. The van der Waals surface area contributed by atoms with E-state index < -0.39 is 11.8 Å². The molecule has 0 amide bonds. The molecule has 2 atom stereocenters.